The van der Waals surface area contributed by atoms with Crippen LogP contribution in [0.25, 0.3) is 0 Å². The molecule has 0 aromatic heterocycles. The highest BCUT2D eigenvalue weighted by atomic mass is 16.6. The lowest BCUT2D eigenvalue weighted by Crippen LogP contribution is -2.33. The Balaban J connectivity index is 2.15. The lowest BCUT2D eigenvalue weighted by molar-refractivity contribution is -0.148. The van der Waals surface area contributed by atoms with Gasteiger partial charge in [0.2, 0.25) is 0 Å². The molecule has 1 aliphatic heterocycles. The summed E-state index contributed by atoms with van der Waals surface area (Å²) in [7, 11) is 0. The van der Waals surface area contributed by atoms with Gasteiger partial charge in [0.1, 0.15) is 0 Å². The van der Waals surface area contributed by atoms with Crippen LogP contribution in [0.15, 0.2) is 84.5 Å². The fraction of sp³-hybridized carbons (Fsp3) is 0.136. The summed E-state index contributed by atoms with van der Waals surface area (Å²) in [5.74, 6) is -1.70. The number of hydrogen-bond donors (Lipinski definition) is 0. The van der Waals surface area contributed by atoms with Crippen LogP contribution >= 0.6 is 0 Å². The molecule has 5 heteroatoms. The first kappa shape index (κ1) is 18.3. The normalized spacial score (nSPS) is 18.9. The maximum Gasteiger partial charge on any atom is 0.338 e. The fourth-order valence-electron chi connectivity index (χ4n) is 2.90. The third-order valence-corrected chi connectivity index (χ3v) is 4.15. The van der Waals surface area contributed by atoms with Gasteiger partial charge in [0.15, 0.2) is 11.4 Å². The predicted molar refractivity (Wildman–Crippen MR) is 98.8 cm³/mol. The van der Waals surface area contributed by atoms with Gasteiger partial charge in [-0.25, -0.2) is 9.59 Å². The molecule has 0 saturated heterocycles. The van der Waals surface area contributed by atoms with E-state index in [2.05, 4.69) is 0 Å². The van der Waals surface area contributed by atoms with E-state index in [0.717, 1.165) is 0 Å². The molecular weight excluding hydrogens is 344 g/mol. The average molecular weight is 362 g/mol. The highest BCUT2D eigenvalue weighted by Crippen LogP contribution is 2.39. The van der Waals surface area contributed by atoms with E-state index in [0.29, 0.717) is 11.1 Å². The van der Waals surface area contributed by atoms with Gasteiger partial charge in [0.25, 0.3) is 0 Å². The number of carbonyl (C=O) groups excluding carboxylic acids is 3. The van der Waals surface area contributed by atoms with Gasteiger partial charge in [0.05, 0.1) is 12.2 Å². The summed E-state index contributed by atoms with van der Waals surface area (Å²) in [5, 5.41) is 0. The molecule has 0 bridgehead atoms. The molecule has 0 fully saturated rings. The summed E-state index contributed by atoms with van der Waals surface area (Å²) in [6.07, 6.45) is 3.90. The molecule has 0 aliphatic carbocycles. The zero-order chi connectivity index (χ0) is 19.3. The molecule has 0 N–H and O–H groups in total. The molecule has 0 radical (unpaired) electrons. The van der Waals surface area contributed by atoms with E-state index in [-0.39, 0.29) is 18.0 Å². The summed E-state index contributed by atoms with van der Waals surface area (Å²) in [4.78, 5) is 37.3. The number of ketones is 1. The van der Waals surface area contributed by atoms with Gasteiger partial charge >= 0.3 is 11.9 Å². The second-order valence-corrected chi connectivity index (χ2v) is 5.86. The molecule has 1 heterocycles. The van der Waals surface area contributed by atoms with Crippen LogP contribution in [0.2, 0.25) is 0 Å². The number of benzene rings is 2. The monoisotopic (exact) mass is 362 g/mol. The Labute approximate surface area is 156 Å². The Hall–Kier alpha value is -3.47. The molecule has 1 aliphatic rings. The van der Waals surface area contributed by atoms with Crippen LogP contribution in [-0.2, 0) is 24.7 Å². The van der Waals surface area contributed by atoms with Crippen LogP contribution in [0.5, 0.6) is 0 Å². The van der Waals surface area contributed by atoms with Crippen LogP contribution in [0.3, 0.4) is 0 Å². The van der Waals surface area contributed by atoms with Gasteiger partial charge in [-0.2, -0.15) is 0 Å². The van der Waals surface area contributed by atoms with E-state index in [9.17, 15) is 14.4 Å². The molecule has 0 saturated carbocycles. The van der Waals surface area contributed by atoms with Crippen molar-refractivity contribution < 1.29 is 23.9 Å². The van der Waals surface area contributed by atoms with E-state index in [1.807, 2.05) is 0 Å². The number of allylic oxidation sites excluding steroid dienone is 1. The van der Waals surface area contributed by atoms with E-state index < -0.39 is 17.5 Å². The largest absolute Gasteiger partial charge is 0.462 e. The Morgan fingerprint density at radius 2 is 1.67 bits per heavy atom. The van der Waals surface area contributed by atoms with Crippen molar-refractivity contribution in [1.29, 1.82) is 0 Å². The molecule has 0 spiro atoms. The van der Waals surface area contributed by atoms with Gasteiger partial charge < -0.3 is 9.47 Å². The molecule has 2 aromatic rings. The fourth-order valence-corrected chi connectivity index (χ4v) is 2.90. The van der Waals surface area contributed by atoms with Gasteiger partial charge in [-0.15, -0.1) is 0 Å². The van der Waals surface area contributed by atoms with Crippen molar-refractivity contribution in [3.8, 4) is 0 Å². The smallest absolute Gasteiger partial charge is 0.338 e. The summed E-state index contributed by atoms with van der Waals surface area (Å²) < 4.78 is 10.7. The molecule has 27 heavy (non-hydrogen) atoms. The molecule has 3 rings (SSSR count). The van der Waals surface area contributed by atoms with Crippen molar-refractivity contribution in [2.24, 2.45) is 0 Å². The number of esters is 2. The maximum atomic E-state index is 12.7. The van der Waals surface area contributed by atoms with E-state index in [4.69, 9.17) is 9.47 Å². The highest BCUT2D eigenvalue weighted by molar-refractivity contribution is 6.10. The van der Waals surface area contributed by atoms with Crippen molar-refractivity contribution >= 4 is 17.7 Å². The zero-order valence-corrected chi connectivity index (χ0v) is 14.8. The summed E-state index contributed by atoms with van der Waals surface area (Å²) >= 11 is 0. The first-order valence-corrected chi connectivity index (χ1v) is 8.53. The van der Waals surface area contributed by atoms with Gasteiger partial charge in [-0.1, -0.05) is 60.7 Å². The van der Waals surface area contributed by atoms with Crippen molar-refractivity contribution in [2.75, 3.05) is 6.61 Å². The van der Waals surface area contributed by atoms with Crippen LogP contribution in [-0.4, -0.2) is 24.3 Å². The Morgan fingerprint density at radius 3 is 2.22 bits per heavy atom. The van der Waals surface area contributed by atoms with Crippen LogP contribution < -0.4 is 0 Å². The van der Waals surface area contributed by atoms with Crippen LogP contribution in [0, 0.1) is 0 Å². The number of cyclic esters (lactones) is 1. The highest BCUT2D eigenvalue weighted by Gasteiger charge is 2.45. The van der Waals surface area contributed by atoms with Crippen LogP contribution in [0.1, 0.15) is 22.8 Å². The second-order valence-electron chi connectivity index (χ2n) is 5.86. The lowest BCUT2D eigenvalue weighted by Gasteiger charge is -2.28. The van der Waals surface area contributed by atoms with Crippen molar-refractivity contribution in [2.45, 2.75) is 12.5 Å². The zero-order valence-electron chi connectivity index (χ0n) is 14.8. The van der Waals surface area contributed by atoms with E-state index in [1.54, 1.807) is 67.6 Å². The van der Waals surface area contributed by atoms with Crippen molar-refractivity contribution in [3.05, 3.63) is 95.6 Å². The third kappa shape index (κ3) is 3.72. The predicted octanol–water partition coefficient (Wildman–Crippen LogP) is 3.37. The van der Waals surface area contributed by atoms with Gasteiger partial charge in [-0.05, 0) is 13.0 Å². The standard InChI is InChI=1S/C22H18O5/c1-2-26-21(25)18(15-19(23)16-9-5-3-6-10-16)22(14-13-20(24)27-22)17-11-7-4-8-12-17/h3-15H,2H2,1H3/b18-15+. The first-order chi connectivity index (χ1) is 13.1. The lowest BCUT2D eigenvalue weighted by atomic mass is 9.85. The number of rotatable bonds is 6. The molecule has 5 nitrogen and oxygen atoms in total. The first-order valence-electron chi connectivity index (χ1n) is 8.53. The summed E-state index contributed by atoms with van der Waals surface area (Å²) in [6.45, 7) is 1.79. The average Bonchev–Trinajstić information content (AvgIpc) is 3.10. The SMILES string of the molecule is CCOC(=O)/C(=C\C(=O)c1ccccc1)C1(c2ccccc2)C=CC(=O)O1. The number of hydrogen-bond acceptors (Lipinski definition) is 5. The number of ether oxygens (including phenoxy) is 2. The van der Waals surface area contributed by atoms with Gasteiger partial charge in [-0.3, -0.25) is 4.79 Å². The molecule has 136 valence electrons. The Morgan fingerprint density at radius 1 is 1.04 bits per heavy atom. The number of carbonyl (C=O) groups is 3. The molecule has 1 unspecified atom stereocenters. The molecule has 0 amide bonds. The quantitative estimate of drug-likeness (QED) is 0.448. The minimum atomic E-state index is -1.50. The molecule has 2 aromatic carbocycles. The van der Waals surface area contributed by atoms with Crippen molar-refractivity contribution in [1.82, 2.24) is 0 Å². The topological polar surface area (TPSA) is 69.7 Å². The maximum absolute atomic E-state index is 12.7. The van der Waals surface area contributed by atoms with Gasteiger partial charge in [0, 0.05) is 23.3 Å². The third-order valence-electron chi connectivity index (χ3n) is 4.15. The molecule has 1 atom stereocenters. The summed E-state index contributed by atoms with van der Waals surface area (Å²) in [5.41, 5.74) is -0.593. The minimum Gasteiger partial charge on any atom is -0.462 e. The van der Waals surface area contributed by atoms with Crippen molar-refractivity contribution in [3.63, 3.8) is 0 Å². The van der Waals surface area contributed by atoms with Crippen LogP contribution in [0.4, 0.5) is 0 Å². The Bertz CT molecular complexity index is 912. The second kappa shape index (κ2) is 7.83. The Kier molecular flexibility index (Phi) is 5.31. The van der Waals surface area contributed by atoms with E-state index in [1.165, 1.54) is 18.2 Å². The minimum absolute atomic E-state index is 0.0495. The summed E-state index contributed by atoms with van der Waals surface area (Å²) in [6, 6.07) is 17.3. The van der Waals surface area contributed by atoms with E-state index >= 15 is 0 Å². The molecular formula is C22H18O5.